The number of carbonyl (C=O) groups excluding carboxylic acids is 1. The van der Waals surface area contributed by atoms with E-state index in [1.807, 2.05) is 72.1 Å². The van der Waals surface area contributed by atoms with Crippen LogP contribution in [0.1, 0.15) is 35.8 Å². The first-order chi connectivity index (χ1) is 16.5. The van der Waals surface area contributed by atoms with E-state index in [2.05, 4.69) is 34.3 Å². The van der Waals surface area contributed by atoms with Gasteiger partial charge in [-0.1, -0.05) is 48.5 Å². The molecule has 0 aliphatic carbocycles. The van der Waals surface area contributed by atoms with E-state index in [1.165, 1.54) is 10.2 Å². The molecule has 0 N–H and O–H groups in total. The van der Waals surface area contributed by atoms with Gasteiger partial charge in [0.15, 0.2) is 0 Å². The summed E-state index contributed by atoms with van der Waals surface area (Å²) in [6.45, 7) is 7.87. The van der Waals surface area contributed by atoms with Crippen molar-refractivity contribution in [3.8, 4) is 16.9 Å². The quantitative estimate of drug-likeness (QED) is 0.461. The summed E-state index contributed by atoms with van der Waals surface area (Å²) in [5, 5.41) is 4.60. The third-order valence-electron chi connectivity index (χ3n) is 6.43. The topological polar surface area (TPSA) is 63.4 Å². The highest BCUT2D eigenvalue weighted by molar-refractivity contribution is 6.00. The maximum Gasteiger partial charge on any atom is 0.282 e. The number of piperazine rings is 1. The molecule has 5 rings (SSSR count). The van der Waals surface area contributed by atoms with Crippen molar-refractivity contribution in [2.24, 2.45) is 0 Å². The van der Waals surface area contributed by atoms with E-state index in [0.717, 1.165) is 19.6 Å². The van der Waals surface area contributed by atoms with Gasteiger partial charge in [-0.05, 0) is 31.5 Å². The molecule has 0 aromatic heterocycles. The molecule has 0 saturated carbocycles. The Morgan fingerprint density at radius 2 is 1.56 bits per heavy atom. The zero-order chi connectivity index (χ0) is 23.7. The van der Waals surface area contributed by atoms with Gasteiger partial charge in [-0.3, -0.25) is 14.5 Å². The van der Waals surface area contributed by atoms with Crippen molar-refractivity contribution >= 4 is 5.91 Å². The van der Waals surface area contributed by atoms with Crippen molar-refractivity contribution in [2.75, 3.05) is 26.2 Å². The molecule has 0 spiro atoms. The number of amides is 1. The van der Waals surface area contributed by atoms with Gasteiger partial charge in [0.2, 0.25) is 0 Å². The van der Waals surface area contributed by atoms with Crippen LogP contribution in [0.15, 0.2) is 77.9 Å². The lowest BCUT2D eigenvalue weighted by Gasteiger charge is -2.35. The van der Waals surface area contributed by atoms with Crippen molar-refractivity contribution in [3.63, 3.8) is 0 Å². The first kappa shape index (κ1) is 22.1. The van der Waals surface area contributed by atoms with Crippen LogP contribution in [0.2, 0.25) is 0 Å². The summed E-state index contributed by atoms with van der Waals surface area (Å²) in [7, 11) is 0. The molecule has 1 fully saturated rings. The molecular weight excluding hydrogens is 426 g/mol. The summed E-state index contributed by atoms with van der Waals surface area (Å²) in [5.74, 6) is -0.0722. The maximum atomic E-state index is 13.7. The maximum absolute atomic E-state index is 13.7. The van der Waals surface area contributed by atoms with Gasteiger partial charge in [-0.2, -0.15) is 9.78 Å². The average Bonchev–Trinajstić information content (AvgIpc) is 3.21. The number of rotatable bonds is 5. The number of benzene rings is 2. The van der Waals surface area contributed by atoms with Crippen molar-refractivity contribution in [3.05, 3.63) is 94.5 Å². The molecule has 0 bridgehead atoms. The van der Waals surface area contributed by atoms with Gasteiger partial charge in [0, 0.05) is 51.2 Å². The van der Waals surface area contributed by atoms with Gasteiger partial charge in [0.1, 0.15) is 5.69 Å². The zero-order valence-electron chi connectivity index (χ0n) is 19.6. The largest absolute Gasteiger partial charge is 0.350 e. The van der Waals surface area contributed by atoms with E-state index < -0.39 is 0 Å². The van der Waals surface area contributed by atoms with E-state index in [1.54, 1.807) is 0 Å². The Morgan fingerprint density at radius 1 is 0.912 bits per heavy atom. The summed E-state index contributed by atoms with van der Waals surface area (Å²) < 4.78 is 3.32. The molecular formula is C27H29N5O2. The van der Waals surface area contributed by atoms with Gasteiger partial charge in [-0.15, -0.1) is 0 Å². The summed E-state index contributed by atoms with van der Waals surface area (Å²) in [4.78, 5) is 31.1. The fourth-order valence-electron chi connectivity index (χ4n) is 4.45. The summed E-state index contributed by atoms with van der Waals surface area (Å²) in [6, 6.07) is 19.8. The lowest BCUT2D eigenvalue weighted by Crippen LogP contribution is -2.48. The lowest BCUT2D eigenvalue weighted by molar-refractivity contribution is 0.0628. The minimum Gasteiger partial charge on any atom is -0.350 e. The SMILES string of the molecule is CC(C)n1cc(C(=O)N2CCN(Cc3ccccc3)CC2)c2nn(-c3ccccc3)c(=O)c-2c1. The highest BCUT2D eigenvalue weighted by Gasteiger charge is 2.29. The normalized spacial score (nSPS) is 14.7. The van der Waals surface area contributed by atoms with Crippen LogP contribution in [0.5, 0.6) is 0 Å². The highest BCUT2D eigenvalue weighted by atomic mass is 16.2. The molecule has 1 saturated heterocycles. The first-order valence-corrected chi connectivity index (χ1v) is 11.8. The Kier molecular flexibility index (Phi) is 6.02. The second kappa shape index (κ2) is 9.27. The van der Waals surface area contributed by atoms with E-state index in [9.17, 15) is 9.59 Å². The minimum atomic E-state index is -0.210. The van der Waals surface area contributed by atoms with Crippen molar-refractivity contribution < 1.29 is 4.79 Å². The van der Waals surface area contributed by atoms with Gasteiger partial charge in [-0.25, -0.2) is 0 Å². The van der Waals surface area contributed by atoms with Gasteiger partial charge in [0.05, 0.1) is 16.8 Å². The third-order valence-corrected chi connectivity index (χ3v) is 6.43. The van der Waals surface area contributed by atoms with E-state index in [-0.39, 0.29) is 17.5 Å². The van der Waals surface area contributed by atoms with Crippen LogP contribution in [0, 0.1) is 0 Å². The summed E-state index contributed by atoms with van der Waals surface area (Å²) >= 11 is 0. The molecule has 2 aromatic carbocycles. The van der Waals surface area contributed by atoms with Gasteiger partial charge >= 0.3 is 0 Å². The Bertz CT molecular complexity index is 1300. The molecule has 34 heavy (non-hydrogen) atoms. The molecule has 3 heterocycles. The molecule has 0 unspecified atom stereocenters. The third kappa shape index (κ3) is 4.26. The molecule has 0 atom stereocenters. The van der Waals surface area contributed by atoms with Crippen molar-refractivity contribution in [1.29, 1.82) is 0 Å². The Hall–Kier alpha value is -3.71. The predicted octanol–water partition coefficient (Wildman–Crippen LogP) is 3.68. The number of nitrogens with zero attached hydrogens (tertiary/aromatic N) is 5. The molecule has 7 heteroatoms. The number of pyridine rings is 1. The zero-order valence-corrected chi connectivity index (χ0v) is 19.6. The van der Waals surface area contributed by atoms with Crippen LogP contribution in [-0.2, 0) is 6.54 Å². The fraction of sp³-hybridized carbons (Fsp3) is 0.296. The number of hydrogen-bond donors (Lipinski definition) is 0. The fourth-order valence-corrected chi connectivity index (χ4v) is 4.45. The monoisotopic (exact) mass is 455 g/mol. The summed E-state index contributed by atoms with van der Waals surface area (Å²) in [6.07, 6.45) is 3.65. The van der Waals surface area contributed by atoms with Crippen LogP contribution in [0.3, 0.4) is 0 Å². The molecule has 3 aliphatic heterocycles. The Morgan fingerprint density at radius 3 is 2.21 bits per heavy atom. The number of aromatic nitrogens is 3. The summed E-state index contributed by atoms with van der Waals surface area (Å²) in [5.41, 5.74) is 3.16. The first-order valence-electron chi connectivity index (χ1n) is 11.8. The minimum absolute atomic E-state index is 0.0722. The number of hydrogen-bond acceptors (Lipinski definition) is 4. The van der Waals surface area contributed by atoms with Crippen LogP contribution in [0.25, 0.3) is 16.9 Å². The van der Waals surface area contributed by atoms with Crippen molar-refractivity contribution in [1.82, 2.24) is 24.1 Å². The Labute approximate surface area is 199 Å². The molecule has 2 aromatic rings. The van der Waals surface area contributed by atoms with Gasteiger partial charge < -0.3 is 9.47 Å². The van der Waals surface area contributed by atoms with Crippen molar-refractivity contribution in [2.45, 2.75) is 26.4 Å². The van der Waals surface area contributed by atoms with E-state index in [4.69, 9.17) is 0 Å². The van der Waals surface area contributed by atoms with Crippen LogP contribution >= 0.6 is 0 Å². The Balaban J connectivity index is 1.43. The lowest BCUT2D eigenvalue weighted by atomic mass is 10.1. The molecule has 174 valence electrons. The second-order valence-electron chi connectivity index (χ2n) is 9.08. The number of carbonyl (C=O) groups is 1. The van der Waals surface area contributed by atoms with E-state index in [0.29, 0.717) is 35.6 Å². The smallest absolute Gasteiger partial charge is 0.282 e. The van der Waals surface area contributed by atoms with E-state index >= 15 is 0 Å². The highest BCUT2D eigenvalue weighted by Crippen LogP contribution is 2.26. The standard InChI is InChI=1S/C27H29N5O2/c1-20(2)31-18-23(25-24(19-31)27(34)32(28-25)22-11-7-4-8-12-22)26(33)30-15-13-29(14-16-30)17-21-9-5-3-6-10-21/h3-12,18-20H,13-17H2,1-2H3. The predicted molar refractivity (Wildman–Crippen MR) is 132 cm³/mol. The second-order valence-corrected chi connectivity index (χ2v) is 9.08. The molecule has 1 amide bonds. The van der Waals surface area contributed by atoms with Crippen LogP contribution in [0.4, 0.5) is 0 Å². The van der Waals surface area contributed by atoms with Crippen LogP contribution < -0.4 is 5.56 Å². The average molecular weight is 456 g/mol. The molecule has 7 nitrogen and oxygen atoms in total. The van der Waals surface area contributed by atoms with Gasteiger partial charge in [0.25, 0.3) is 11.5 Å². The van der Waals surface area contributed by atoms with Crippen LogP contribution in [-0.4, -0.2) is 56.2 Å². The molecule has 3 aliphatic rings. The number of fused-ring (bicyclic) bond motifs is 1. The molecule has 0 radical (unpaired) electrons. The number of para-hydroxylation sites is 1.